The van der Waals surface area contributed by atoms with Crippen LogP contribution in [0.3, 0.4) is 0 Å². The molecule has 2 rings (SSSR count). The monoisotopic (exact) mass is 218 g/mol. The Labute approximate surface area is 81.0 Å². The van der Waals surface area contributed by atoms with Crippen molar-refractivity contribution in [1.29, 1.82) is 0 Å². The average molecular weight is 218 g/mol. The third-order valence-corrected chi connectivity index (χ3v) is 3.13. The molecule has 2 unspecified atom stereocenters. The van der Waals surface area contributed by atoms with Gasteiger partial charge in [-0.15, -0.1) is 0 Å². The number of hydrogen-bond acceptors (Lipinski definition) is 3. The largest absolute Gasteiger partial charge is 0.524 e. The van der Waals surface area contributed by atoms with Gasteiger partial charge in [-0.25, -0.2) is 4.57 Å². The van der Waals surface area contributed by atoms with Gasteiger partial charge in [0.2, 0.25) is 0 Å². The molecule has 0 amide bonds. The number of phosphoric ester groups is 1. The van der Waals surface area contributed by atoms with Crippen LogP contribution in [0.25, 0.3) is 0 Å². The van der Waals surface area contributed by atoms with Gasteiger partial charge in [-0.1, -0.05) is 0 Å². The van der Waals surface area contributed by atoms with E-state index in [1.54, 1.807) is 6.08 Å². The Balaban J connectivity index is 2.03. The van der Waals surface area contributed by atoms with E-state index >= 15 is 0 Å². The highest BCUT2D eigenvalue weighted by atomic mass is 31.2. The Morgan fingerprint density at radius 3 is 2.64 bits per heavy atom. The van der Waals surface area contributed by atoms with Crippen LogP contribution in [-0.2, 0) is 13.9 Å². The zero-order valence-corrected chi connectivity index (χ0v) is 8.31. The zero-order valence-electron chi connectivity index (χ0n) is 7.42. The van der Waals surface area contributed by atoms with Gasteiger partial charge in [-0.05, 0) is 17.9 Å². The van der Waals surface area contributed by atoms with Gasteiger partial charge in [0, 0.05) is 19.3 Å². The molecule has 1 saturated carbocycles. The van der Waals surface area contributed by atoms with E-state index in [-0.39, 0.29) is 17.6 Å². The predicted octanol–water partition coefficient (Wildman–Crippen LogP) is 0.979. The van der Waals surface area contributed by atoms with E-state index in [1.807, 2.05) is 0 Å². The molecule has 2 aliphatic rings. The van der Waals surface area contributed by atoms with Crippen molar-refractivity contribution in [2.45, 2.75) is 19.3 Å². The number of allylic oxidation sites excluding steroid dienone is 2. The Kier molecular flexibility index (Phi) is 2.26. The highest BCUT2D eigenvalue weighted by molar-refractivity contribution is 7.46. The topological polar surface area (TPSA) is 83.8 Å². The summed E-state index contributed by atoms with van der Waals surface area (Å²) in [6.45, 7) is 0. The van der Waals surface area contributed by atoms with Crippen LogP contribution < -0.4 is 0 Å². The molecule has 6 heteroatoms. The Bertz CT molecular complexity index is 342. The van der Waals surface area contributed by atoms with Crippen molar-refractivity contribution in [3.8, 4) is 0 Å². The minimum Gasteiger partial charge on any atom is -0.409 e. The summed E-state index contributed by atoms with van der Waals surface area (Å²) in [6.07, 6.45) is 3.14. The van der Waals surface area contributed by atoms with Gasteiger partial charge in [0.25, 0.3) is 0 Å². The van der Waals surface area contributed by atoms with Crippen molar-refractivity contribution in [3.63, 3.8) is 0 Å². The summed E-state index contributed by atoms with van der Waals surface area (Å²) in [7, 11) is -4.42. The van der Waals surface area contributed by atoms with E-state index in [1.165, 1.54) is 0 Å². The number of phosphoric acid groups is 1. The fourth-order valence-electron chi connectivity index (χ4n) is 2.16. The molecule has 0 aromatic carbocycles. The number of hydrogen-bond donors (Lipinski definition) is 2. The van der Waals surface area contributed by atoms with E-state index in [2.05, 4.69) is 4.52 Å². The SMILES string of the molecule is O=C1CC2C=C(OP(=O)(O)O)CC2C1. The van der Waals surface area contributed by atoms with Crippen molar-refractivity contribution >= 4 is 13.6 Å². The second-order valence-electron chi connectivity index (χ2n) is 3.79. The van der Waals surface area contributed by atoms with Crippen LogP contribution in [0, 0.1) is 11.8 Å². The van der Waals surface area contributed by atoms with Crippen LogP contribution in [0.2, 0.25) is 0 Å². The number of fused-ring (bicyclic) bond motifs is 1. The summed E-state index contributed by atoms with van der Waals surface area (Å²) in [6, 6.07) is 0. The summed E-state index contributed by atoms with van der Waals surface area (Å²) in [5.41, 5.74) is 0. The van der Waals surface area contributed by atoms with E-state index in [4.69, 9.17) is 9.79 Å². The van der Waals surface area contributed by atoms with Gasteiger partial charge in [0.1, 0.15) is 11.5 Å². The molecule has 2 aliphatic carbocycles. The highest BCUT2D eigenvalue weighted by Gasteiger charge is 2.38. The first-order valence-corrected chi connectivity index (χ1v) is 5.94. The Hall–Kier alpha value is -0.640. The average Bonchev–Trinajstić information content (AvgIpc) is 2.39. The lowest BCUT2D eigenvalue weighted by Crippen LogP contribution is -1.98. The first kappa shape index (κ1) is 9.90. The van der Waals surface area contributed by atoms with E-state index < -0.39 is 7.82 Å². The number of carbonyl (C=O) groups is 1. The van der Waals surface area contributed by atoms with Gasteiger partial charge in [0.15, 0.2) is 0 Å². The molecule has 0 spiro atoms. The number of rotatable bonds is 2. The van der Waals surface area contributed by atoms with Crippen molar-refractivity contribution in [1.82, 2.24) is 0 Å². The molecule has 0 radical (unpaired) electrons. The molecule has 1 fully saturated rings. The standard InChI is InChI=1S/C8H11O5P/c9-7-1-5-3-8(4-6(5)2-7)13-14(10,11)12/h3,5-6H,1-2,4H2,(H2,10,11,12). The van der Waals surface area contributed by atoms with Crippen molar-refractivity contribution in [3.05, 3.63) is 11.8 Å². The minimum atomic E-state index is -4.42. The summed E-state index contributed by atoms with van der Waals surface area (Å²) in [5, 5.41) is 0. The molecule has 0 bridgehead atoms. The van der Waals surface area contributed by atoms with Gasteiger partial charge in [-0.3, -0.25) is 14.6 Å². The van der Waals surface area contributed by atoms with Gasteiger partial charge in [0.05, 0.1) is 0 Å². The van der Waals surface area contributed by atoms with Crippen LogP contribution in [0.15, 0.2) is 11.8 Å². The lowest BCUT2D eigenvalue weighted by atomic mass is 10.0. The lowest BCUT2D eigenvalue weighted by Gasteiger charge is -2.08. The normalized spacial score (nSPS) is 31.6. The van der Waals surface area contributed by atoms with Crippen LogP contribution in [0.5, 0.6) is 0 Å². The zero-order chi connectivity index (χ0) is 10.3. The van der Waals surface area contributed by atoms with Crippen LogP contribution in [-0.4, -0.2) is 15.6 Å². The van der Waals surface area contributed by atoms with Crippen molar-refractivity contribution in [2.24, 2.45) is 11.8 Å². The third-order valence-electron chi connectivity index (χ3n) is 2.66. The molecule has 2 atom stereocenters. The first-order valence-electron chi connectivity index (χ1n) is 4.41. The van der Waals surface area contributed by atoms with Gasteiger partial charge >= 0.3 is 7.82 Å². The molecular weight excluding hydrogens is 207 g/mol. The molecule has 0 aromatic rings. The number of ketones is 1. The second-order valence-corrected chi connectivity index (χ2v) is 4.95. The molecule has 5 nitrogen and oxygen atoms in total. The van der Waals surface area contributed by atoms with Gasteiger partial charge in [-0.2, -0.15) is 0 Å². The van der Waals surface area contributed by atoms with Crippen molar-refractivity contribution in [2.75, 3.05) is 0 Å². The van der Waals surface area contributed by atoms with E-state index in [0.717, 1.165) is 0 Å². The van der Waals surface area contributed by atoms with Crippen LogP contribution in [0.4, 0.5) is 0 Å². The fraction of sp³-hybridized carbons (Fsp3) is 0.625. The Morgan fingerprint density at radius 2 is 2.07 bits per heavy atom. The fourth-order valence-corrected chi connectivity index (χ4v) is 2.60. The molecule has 14 heavy (non-hydrogen) atoms. The molecule has 2 N–H and O–H groups in total. The molecular formula is C8H11O5P. The summed E-state index contributed by atoms with van der Waals surface area (Å²) in [4.78, 5) is 28.2. The smallest absolute Gasteiger partial charge is 0.409 e. The molecule has 78 valence electrons. The molecule has 0 saturated heterocycles. The quantitative estimate of drug-likeness (QED) is 0.675. The summed E-state index contributed by atoms with van der Waals surface area (Å²) < 4.78 is 15.0. The first-order chi connectivity index (χ1) is 6.44. The molecule has 0 heterocycles. The lowest BCUT2D eigenvalue weighted by molar-refractivity contribution is -0.117. The number of Topliss-reactive ketones (excluding diaryl/α,β-unsaturated/α-hetero) is 1. The Morgan fingerprint density at radius 1 is 1.36 bits per heavy atom. The maximum Gasteiger partial charge on any atom is 0.524 e. The highest BCUT2D eigenvalue weighted by Crippen LogP contribution is 2.47. The van der Waals surface area contributed by atoms with E-state index in [9.17, 15) is 9.36 Å². The summed E-state index contributed by atoms with van der Waals surface area (Å²) >= 11 is 0. The maximum absolute atomic E-state index is 11.0. The van der Waals surface area contributed by atoms with Crippen molar-refractivity contribution < 1.29 is 23.7 Å². The van der Waals surface area contributed by atoms with E-state index in [0.29, 0.717) is 25.0 Å². The van der Waals surface area contributed by atoms with Crippen LogP contribution in [0.1, 0.15) is 19.3 Å². The maximum atomic E-state index is 11.0. The third kappa shape index (κ3) is 2.05. The second kappa shape index (κ2) is 3.19. The molecule has 0 aliphatic heterocycles. The summed E-state index contributed by atoms with van der Waals surface area (Å²) in [5.74, 6) is 0.889. The van der Waals surface area contributed by atoms with Crippen LogP contribution >= 0.6 is 7.82 Å². The number of carbonyl (C=O) groups excluding carboxylic acids is 1. The predicted molar refractivity (Wildman–Crippen MR) is 47.1 cm³/mol. The van der Waals surface area contributed by atoms with Gasteiger partial charge < -0.3 is 4.52 Å². The minimum absolute atomic E-state index is 0.129. The molecule has 0 aromatic heterocycles.